The van der Waals surface area contributed by atoms with Gasteiger partial charge in [0.1, 0.15) is 5.75 Å². The molecule has 0 bridgehead atoms. The molecule has 0 spiro atoms. The summed E-state index contributed by atoms with van der Waals surface area (Å²) in [6, 6.07) is 10.5. The number of anilines is 1. The maximum absolute atomic E-state index is 13.1. The largest absolute Gasteiger partial charge is 0.495 e. The van der Waals surface area contributed by atoms with Crippen molar-refractivity contribution in [3.8, 4) is 5.75 Å². The van der Waals surface area contributed by atoms with Gasteiger partial charge in [0, 0.05) is 18.7 Å². The van der Waals surface area contributed by atoms with Gasteiger partial charge in [0.15, 0.2) is 0 Å². The summed E-state index contributed by atoms with van der Waals surface area (Å²) in [7, 11) is -2.52. The minimum Gasteiger partial charge on any atom is -0.495 e. The number of hydrogen-bond donors (Lipinski definition) is 0. The Bertz CT molecular complexity index is 865. The molecule has 2 aromatic rings. The number of nitro groups is 1. The standard InChI is InChI=1S/C16H18N2O5S/c1-4-17(14-7-5-6-8-15(14)23-3)24(21,22)16-11-13(18(19)20)10-9-12(16)2/h5-11H,4H2,1-3H3. The van der Waals surface area contributed by atoms with Crippen molar-refractivity contribution in [1.29, 1.82) is 0 Å². The van der Waals surface area contributed by atoms with Crippen LogP contribution in [-0.2, 0) is 10.0 Å². The fourth-order valence-corrected chi connectivity index (χ4v) is 4.14. The Labute approximate surface area is 140 Å². The van der Waals surface area contributed by atoms with Crippen molar-refractivity contribution in [2.24, 2.45) is 0 Å². The molecule has 8 heteroatoms. The molecule has 0 amide bonds. The Hall–Kier alpha value is -2.61. The van der Waals surface area contributed by atoms with Crippen LogP contribution in [0.5, 0.6) is 5.75 Å². The number of non-ortho nitro benzene ring substituents is 1. The first kappa shape index (κ1) is 17.7. The molecule has 0 unspecified atom stereocenters. The zero-order chi connectivity index (χ0) is 17.9. The lowest BCUT2D eigenvalue weighted by Crippen LogP contribution is -2.31. The van der Waals surface area contributed by atoms with E-state index in [0.717, 1.165) is 6.07 Å². The van der Waals surface area contributed by atoms with Gasteiger partial charge < -0.3 is 4.74 Å². The van der Waals surface area contributed by atoms with Crippen LogP contribution in [0, 0.1) is 17.0 Å². The van der Waals surface area contributed by atoms with Crippen LogP contribution in [0.4, 0.5) is 11.4 Å². The highest BCUT2D eigenvalue weighted by atomic mass is 32.2. The van der Waals surface area contributed by atoms with Crippen LogP contribution in [-0.4, -0.2) is 27.0 Å². The lowest BCUT2D eigenvalue weighted by molar-refractivity contribution is -0.385. The first-order valence-corrected chi connectivity index (χ1v) is 8.67. The zero-order valence-electron chi connectivity index (χ0n) is 13.6. The quantitative estimate of drug-likeness (QED) is 0.590. The van der Waals surface area contributed by atoms with Gasteiger partial charge in [-0.15, -0.1) is 0 Å². The number of rotatable bonds is 6. The minimum atomic E-state index is -3.97. The monoisotopic (exact) mass is 350 g/mol. The molecular formula is C16H18N2O5S. The second-order valence-corrected chi connectivity index (χ2v) is 6.88. The van der Waals surface area contributed by atoms with Crippen LogP contribution < -0.4 is 9.04 Å². The van der Waals surface area contributed by atoms with E-state index >= 15 is 0 Å². The summed E-state index contributed by atoms with van der Waals surface area (Å²) in [6.07, 6.45) is 0. The molecule has 128 valence electrons. The molecule has 2 aromatic carbocycles. The Kier molecular flexibility index (Phi) is 5.08. The summed E-state index contributed by atoms with van der Waals surface area (Å²) < 4.78 is 32.6. The summed E-state index contributed by atoms with van der Waals surface area (Å²) in [5.74, 6) is 0.408. The predicted octanol–water partition coefficient (Wildman–Crippen LogP) is 3.13. The Morgan fingerprint density at radius 2 is 1.88 bits per heavy atom. The van der Waals surface area contributed by atoms with E-state index in [0.29, 0.717) is 17.0 Å². The van der Waals surface area contributed by atoms with E-state index in [2.05, 4.69) is 0 Å². The molecule has 7 nitrogen and oxygen atoms in total. The highest BCUT2D eigenvalue weighted by Crippen LogP contribution is 2.33. The average Bonchev–Trinajstić information content (AvgIpc) is 2.55. The smallest absolute Gasteiger partial charge is 0.270 e. The second-order valence-electron chi connectivity index (χ2n) is 5.05. The molecule has 0 aliphatic carbocycles. The Morgan fingerprint density at radius 1 is 1.21 bits per heavy atom. The van der Waals surface area contributed by atoms with Crippen molar-refractivity contribution in [3.05, 3.63) is 58.1 Å². The van der Waals surface area contributed by atoms with Crippen LogP contribution in [0.1, 0.15) is 12.5 Å². The van der Waals surface area contributed by atoms with Gasteiger partial charge in [0.25, 0.3) is 15.7 Å². The van der Waals surface area contributed by atoms with Crippen LogP contribution in [0.15, 0.2) is 47.4 Å². The highest BCUT2D eigenvalue weighted by molar-refractivity contribution is 7.92. The molecule has 0 aliphatic rings. The highest BCUT2D eigenvalue weighted by Gasteiger charge is 2.28. The van der Waals surface area contributed by atoms with Crippen LogP contribution in [0.2, 0.25) is 0 Å². The van der Waals surface area contributed by atoms with Crippen molar-refractivity contribution in [3.63, 3.8) is 0 Å². The number of aryl methyl sites for hydroxylation is 1. The summed E-state index contributed by atoms with van der Waals surface area (Å²) in [5.41, 5.74) is 0.553. The summed E-state index contributed by atoms with van der Waals surface area (Å²) >= 11 is 0. The van der Waals surface area contributed by atoms with Gasteiger partial charge in [-0.1, -0.05) is 18.2 Å². The van der Waals surface area contributed by atoms with Gasteiger partial charge in [-0.2, -0.15) is 0 Å². The molecular weight excluding hydrogens is 332 g/mol. The van der Waals surface area contributed by atoms with E-state index in [-0.39, 0.29) is 17.1 Å². The topological polar surface area (TPSA) is 89.8 Å². The lowest BCUT2D eigenvalue weighted by Gasteiger charge is -2.25. The zero-order valence-corrected chi connectivity index (χ0v) is 14.4. The van der Waals surface area contributed by atoms with Crippen molar-refractivity contribution in [1.82, 2.24) is 0 Å². The molecule has 0 radical (unpaired) electrons. The van der Waals surface area contributed by atoms with E-state index in [1.807, 2.05) is 0 Å². The molecule has 0 saturated heterocycles. The van der Waals surface area contributed by atoms with E-state index in [1.54, 1.807) is 38.1 Å². The lowest BCUT2D eigenvalue weighted by atomic mass is 10.2. The van der Waals surface area contributed by atoms with E-state index in [1.165, 1.54) is 23.5 Å². The minimum absolute atomic E-state index is 0.0931. The molecule has 0 fully saturated rings. The maximum Gasteiger partial charge on any atom is 0.270 e. The molecule has 2 rings (SSSR count). The number of hydrogen-bond acceptors (Lipinski definition) is 5. The van der Waals surface area contributed by atoms with E-state index in [9.17, 15) is 18.5 Å². The molecule has 0 heterocycles. The van der Waals surface area contributed by atoms with Crippen molar-refractivity contribution in [2.75, 3.05) is 18.0 Å². The van der Waals surface area contributed by atoms with Crippen molar-refractivity contribution in [2.45, 2.75) is 18.7 Å². The summed E-state index contributed by atoms with van der Waals surface area (Å²) in [4.78, 5) is 10.3. The first-order chi connectivity index (χ1) is 11.3. The third-order valence-electron chi connectivity index (χ3n) is 3.59. The number of para-hydroxylation sites is 2. The summed E-state index contributed by atoms with van der Waals surface area (Å²) in [5, 5.41) is 11.0. The normalized spacial score (nSPS) is 11.1. The van der Waals surface area contributed by atoms with Gasteiger partial charge in [-0.3, -0.25) is 14.4 Å². The molecule has 0 saturated carbocycles. The number of methoxy groups -OCH3 is 1. The van der Waals surface area contributed by atoms with Crippen LogP contribution >= 0.6 is 0 Å². The first-order valence-electron chi connectivity index (χ1n) is 7.23. The van der Waals surface area contributed by atoms with Gasteiger partial charge in [0.05, 0.1) is 22.6 Å². The van der Waals surface area contributed by atoms with Gasteiger partial charge in [0.2, 0.25) is 0 Å². The van der Waals surface area contributed by atoms with Gasteiger partial charge in [-0.05, 0) is 31.5 Å². The average molecular weight is 350 g/mol. The number of ether oxygens (including phenoxy) is 1. The number of nitrogens with zero attached hydrogens (tertiary/aromatic N) is 2. The van der Waals surface area contributed by atoms with E-state index < -0.39 is 14.9 Å². The second kappa shape index (κ2) is 6.88. The van der Waals surface area contributed by atoms with E-state index in [4.69, 9.17) is 4.74 Å². The van der Waals surface area contributed by atoms with Crippen LogP contribution in [0.3, 0.4) is 0 Å². The third-order valence-corrected chi connectivity index (χ3v) is 5.62. The van der Waals surface area contributed by atoms with Crippen LogP contribution in [0.25, 0.3) is 0 Å². The fourth-order valence-electron chi connectivity index (χ4n) is 2.40. The number of nitro benzene ring substituents is 1. The summed E-state index contributed by atoms with van der Waals surface area (Å²) in [6.45, 7) is 3.45. The van der Waals surface area contributed by atoms with Crippen molar-refractivity contribution >= 4 is 21.4 Å². The van der Waals surface area contributed by atoms with Gasteiger partial charge in [-0.25, -0.2) is 8.42 Å². The Morgan fingerprint density at radius 3 is 2.46 bits per heavy atom. The number of benzene rings is 2. The predicted molar refractivity (Wildman–Crippen MR) is 91.0 cm³/mol. The maximum atomic E-state index is 13.1. The third kappa shape index (κ3) is 3.18. The SMILES string of the molecule is CCN(c1ccccc1OC)S(=O)(=O)c1cc([N+](=O)[O-])ccc1C. The van der Waals surface area contributed by atoms with Crippen molar-refractivity contribution < 1.29 is 18.1 Å². The Balaban J connectivity index is 2.63. The molecule has 0 N–H and O–H groups in total. The van der Waals surface area contributed by atoms with Gasteiger partial charge >= 0.3 is 0 Å². The molecule has 0 aromatic heterocycles. The fraction of sp³-hybridized carbons (Fsp3) is 0.250. The molecule has 0 atom stereocenters. The number of sulfonamides is 1. The molecule has 0 aliphatic heterocycles. The molecule has 24 heavy (non-hydrogen) atoms.